The standard InChI is InChI=1S/C5H8O2.C4H5ClO2.C3H3N/c1-3-5(6)7-4-2;1-2-7-4(6)3-5;1-2-3-4/h3H,1,4H2,2H3;2H,1,3H2;2H,1H2. The van der Waals surface area contributed by atoms with E-state index in [0.717, 1.165) is 12.3 Å². The monoisotopic (exact) mass is 273 g/mol. The van der Waals surface area contributed by atoms with Crippen LogP contribution in [-0.2, 0) is 19.1 Å². The van der Waals surface area contributed by atoms with Gasteiger partial charge < -0.3 is 9.47 Å². The van der Waals surface area contributed by atoms with Crippen molar-refractivity contribution in [2.45, 2.75) is 6.92 Å². The molecule has 0 aliphatic carbocycles. The summed E-state index contributed by atoms with van der Waals surface area (Å²) >= 11 is 5.01. The lowest BCUT2D eigenvalue weighted by Gasteiger charge is -1.90. The molecule has 0 spiro atoms. The largest absolute Gasteiger partial charge is 0.463 e. The van der Waals surface area contributed by atoms with Crippen molar-refractivity contribution in [3.8, 4) is 6.07 Å². The van der Waals surface area contributed by atoms with E-state index >= 15 is 0 Å². The van der Waals surface area contributed by atoms with Crippen molar-refractivity contribution in [1.82, 2.24) is 0 Å². The van der Waals surface area contributed by atoms with E-state index in [2.05, 4.69) is 29.2 Å². The fraction of sp³-hybridized carbons (Fsp3) is 0.250. The first kappa shape index (κ1) is 21.2. The second-order valence-electron chi connectivity index (χ2n) is 2.08. The Morgan fingerprint density at radius 2 is 1.89 bits per heavy atom. The zero-order valence-corrected chi connectivity index (χ0v) is 11.0. The molecule has 5 nitrogen and oxygen atoms in total. The highest BCUT2D eigenvalue weighted by molar-refractivity contribution is 6.26. The first-order valence-corrected chi connectivity index (χ1v) is 5.23. The van der Waals surface area contributed by atoms with Gasteiger partial charge in [0, 0.05) is 12.2 Å². The van der Waals surface area contributed by atoms with Crippen molar-refractivity contribution in [3.05, 3.63) is 38.2 Å². The molecule has 0 radical (unpaired) electrons. The van der Waals surface area contributed by atoms with Gasteiger partial charge in [0.1, 0.15) is 5.88 Å². The van der Waals surface area contributed by atoms with Gasteiger partial charge in [-0.1, -0.05) is 19.7 Å². The van der Waals surface area contributed by atoms with Crippen molar-refractivity contribution in [1.29, 1.82) is 5.26 Å². The van der Waals surface area contributed by atoms with Crippen LogP contribution in [0.4, 0.5) is 0 Å². The van der Waals surface area contributed by atoms with Gasteiger partial charge in [0.2, 0.25) is 0 Å². The SMILES string of the molecule is C=CC#N.C=CC(=O)OCC.C=COC(=O)CCl. The Balaban J connectivity index is -0.000000196. The molecule has 0 saturated carbocycles. The zero-order valence-electron chi connectivity index (χ0n) is 10.2. The van der Waals surface area contributed by atoms with E-state index in [0.29, 0.717) is 6.61 Å². The number of esters is 2. The van der Waals surface area contributed by atoms with Gasteiger partial charge in [0.05, 0.1) is 18.9 Å². The Bertz CT molecular complexity index is 308. The summed E-state index contributed by atoms with van der Waals surface area (Å²) in [6, 6.07) is 1.69. The van der Waals surface area contributed by atoms with E-state index in [1.54, 1.807) is 13.0 Å². The van der Waals surface area contributed by atoms with Gasteiger partial charge >= 0.3 is 11.9 Å². The van der Waals surface area contributed by atoms with Crippen LogP contribution in [0.15, 0.2) is 38.2 Å². The number of allylic oxidation sites excluding steroid dienone is 1. The van der Waals surface area contributed by atoms with Crippen LogP contribution in [-0.4, -0.2) is 24.4 Å². The zero-order chi connectivity index (χ0) is 14.8. The topological polar surface area (TPSA) is 76.4 Å². The number of ether oxygens (including phenoxy) is 2. The second-order valence-corrected chi connectivity index (χ2v) is 2.35. The number of carbonyl (C=O) groups is 2. The molecule has 0 fully saturated rings. The quantitative estimate of drug-likeness (QED) is 0.258. The van der Waals surface area contributed by atoms with Gasteiger partial charge in [-0.3, -0.25) is 4.79 Å². The van der Waals surface area contributed by atoms with Crippen molar-refractivity contribution in [2.75, 3.05) is 12.5 Å². The number of hydrogen-bond acceptors (Lipinski definition) is 5. The molecular weight excluding hydrogens is 258 g/mol. The molecule has 0 rings (SSSR count). The Hall–Kier alpha value is -2.06. The summed E-state index contributed by atoms with van der Waals surface area (Å²) in [5.41, 5.74) is 0. The molecule has 0 aliphatic heterocycles. The average Bonchev–Trinajstić information content (AvgIpc) is 2.40. The van der Waals surface area contributed by atoms with Gasteiger partial charge in [0.25, 0.3) is 0 Å². The number of carbonyl (C=O) groups excluding carboxylic acids is 2. The van der Waals surface area contributed by atoms with Crippen LogP contribution in [0.1, 0.15) is 6.92 Å². The van der Waals surface area contributed by atoms with Crippen LogP contribution in [0, 0.1) is 11.3 Å². The number of nitriles is 1. The molecule has 0 amide bonds. The second kappa shape index (κ2) is 20.4. The molecule has 0 saturated heterocycles. The highest BCUT2D eigenvalue weighted by atomic mass is 35.5. The predicted molar refractivity (Wildman–Crippen MR) is 69.6 cm³/mol. The van der Waals surface area contributed by atoms with E-state index in [-0.39, 0.29) is 11.8 Å². The maximum absolute atomic E-state index is 10.1. The lowest BCUT2D eigenvalue weighted by Crippen LogP contribution is -1.98. The molecule has 0 aromatic carbocycles. The summed E-state index contributed by atoms with van der Waals surface area (Å²) in [4.78, 5) is 20.1. The first-order valence-electron chi connectivity index (χ1n) is 4.69. The van der Waals surface area contributed by atoms with E-state index in [1.807, 2.05) is 0 Å². The van der Waals surface area contributed by atoms with E-state index in [1.165, 1.54) is 6.08 Å². The Kier molecular flexibility index (Phi) is 24.0. The summed E-state index contributed by atoms with van der Waals surface area (Å²) in [6.07, 6.45) is 3.37. The van der Waals surface area contributed by atoms with Crippen LogP contribution >= 0.6 is 11.6 Å². The molecule has 0 aromatic heterocycles. The minimum Gasteiger partial charge on any atom is -0.463 e. The molecule has 0 atom stereocenters. The summed E-state index contributed by atoms with van der Waals surface area (Å²) in [5.74, 6) is -0.953. The van der Waals surface area contributed by atoms with Crippen molar-refractivity contribution >= 4 is 23.5 Å². The van der Waals surface area contributed by atoms with Gasteiger partial charge in [0.15, 0.2) is 0 Å². The Labute approximate surface area is 112 Å². The summed E-state index contributed by atoms with van der Waals surface area (Å²) < 4.78 is 8.62. The molecule has 6 heteroatoms. The molecule has 0 aliphatic rings. The molecule has 18 heavy (non-hydrogen) atoms. The number of nitrogens with zero attached hydrogens (tertiary/aromatic N) is 1. The fourth-order valence-electron chi connectivity index (χ4n) is 0.326. The van der Waals surface area contributed by atoms with Gasteiger partial charge in [-0.15, -0.1) is 11.6 Å². The molecule has 100 valence electrons. The first-order chi connectivity index (χ1) is 8.53. The van der Waals surface area contributed by atoms with Crippen LogP contribution in [0.2, 0.25) is 0 Å². The van der Waals surface area contributed by atoms with Gasteiger partial charge in [-0.05, 0) is 6.92 Å². The molecule has 0 bridgehead atoms. The van der Waals surface area contributed by atoms with Crippen LogP contribution < -0.4 is 0 Å². The Morgan fingerprint density at radius 1 is 1.39 bits per heavy atom. The summed E-state index contributed by atoms with van der Waals surface area (Å²) in [7, 11) is 0. The normalized spacial score (nSPS) is 6.72. The molecule has 0 heterocycles. The van der Waals surface area contributed by atoms with E-state index in [4.69, 9.17) is 16.9 Å². The van der Waals surface area contributed by atoms with Crippen molar-refractivity contribution in [2.24, 2.45) is 0 Å². The summed E-state index contributed by atoms with van der Waals surface area (Å²) in [5, 5.41) is 7.51. The maximum Gasteiger partial charge on any atom is 0.330 e. The number of halogens is 1. The molecule has 0 N–H and O–H groups in total. The average molecular weight is 274 g/mol. The van der Waals surface area contributed by atoms with Crippen molar-refractivity contribution in [3.63, 3.8) is 0 Å². The van der Waals surface area contributed by atoms with Crippen LogP contribution in [0.5, 0.6) is 0 Å². The number of rotatable bonds is 4. The van der Waals surface area contributed by atoms with Crippen LogP contribution in [0.25, 0.3) is 0 Å². The van der Waals surface area contributed by atoms with E-state index < -0.39 is 5.97 Å². The lowest BCUT2D eigenvalue weighted by atomic mass is 10.6. The minimum atomic E-state index is -0.475. The predicted octanol–water partition coefficient (Wildman–Crippen LogP) is 2.34. The number of hydrogen-bond donors (Lipinski definition) is 0. The molecular formula is C12H16ClNO4. The highest BCUT2D eigenvalue weighted by Gasteiger charge is 1.92. The third-order valence-electron chi connectivity index (χ3n) is 0.868. The fourth-order valence-corrected chi connectivity index (χ4v) is 0.389. The van der Waals surface area contributed by atoms with Gasteiger partial charge in [-0.25, -0.2) is 4.79 Å². The third-order valence-corrected chi connectivity index (χ3v) is 1.09. The van der Waals surface area contributed by atoms with Crippen molar-refractivity contribution < 1.29 is 19.1 Å². The smallest absolute Gasteiger partial charge is 0.330 e. The number of alkyl halides is 1. The molecule has 0 aromatic rings. The maximum atomic E-state index is 10.1. The Morgan fingerprint density at radius 3 is 2.00 bits per heavy atom. The van der Waals surface area contributed by atoms with Gasteiger partial charge in [-0.2, -0.15) is 5.26 Å². The molecule has 0 unspecified atom stereocenters. The minimum absolute atomic E-state index is 0.119. The highest BCUT2D eigenvalue weighted by Crippen LogP contribution is 1.80. The lowest BCUT2D eigenvalue weighted by molar-refractivity contribution is -0.137. The van der Waals surface area contributed by atoms with Crippen LogP contribution in [0.3, 0.4) is 0 Å². The third kappa shape index (κ3) is 29.2. The van der Waals surface area contributed by atoms with E-state index in [9.17, 15) is 9.59 Å². The summed E-state index contributed by atoms with van der Waals surface area (Å²) in [6.45, 7) is 11.6.